The molecule has 3 rings (SSSR count). The molecule has 176 valence electrons. The molecule has 4 atom stereocenters. The molecule has 2 bridgehead atoms. The van der Waals surface area contributed by atoms with E-state index in [1.165, 1.54) is 62.2 Å². The molecule has 3 saturated carbocycles. The van der Waals surface area contributed by atoms with E-state index >= 15 is 0 Å². The molecular formula is C26H50N2O2. The minimum Gasteiger partial charge on any atom is -0.356 e. The van der Waals surface area contributed by atoms with Crippen LogP contribution in [-0.4, -0.2) is 24.9 Å². The summed E-state index contributed by atoms with van der Waals surface area (Å²) in [4.78, 5) is 20.7. The molecule has 4 heteroatoms. The second-order valence-corrected chi connectivity index (χ2v) is 9.68. The van der Waals surface area contributed by atoms with E-state index in [1.54, 1.807) is 52.4 Å². The van der Waals surface area contributed by atoms with Crippen LogP contribution in [0, 0.1) is 23.7 Å². The molecule has 3 fully saturated rings. The molecule has 2 amide bonds. The zero-order valence-electron chi connectivity index (χ0n) is 20.4. The van der Waals surface area contributed by atoms with Crippen LogP contribution < -0.4 is 10.6 Å². The molecule has 0 saturated heterocycles. The van der Waals surface area contributed by atoms with Crippen molar-refractivity contribution in [1.82, 2.24) is 10.6 Å². The first kappa shape index (κ1) is 27.0. The lowest BCUT2D eigenvalue weighted by Crippen LogP contribution is -2.20. The lowest BCUT2D eigenvalue weighted by atomic mass is 9.82. The zero-order chi connectivity index (χ0) is 22.2. The molecule has 3 aliphatic carbocycles. The summed E-state index contributed by atoms with van der Waals surface area (Å²) in [5, 5.41) is 5.53. The summed E-state index contributed by atoms with van der Waals surface area (Å²) in [6, 6.07) is 0. The fourth-order valence-electron chi connectivity index (χ4n) is 5.65. The molecule has 0 heterocycles. The van der Waals surface area contributed by atoms with Crippen LogP contribution in [0.2, 0.25) is 0 Å². The fourth-order valence-corrected chi connectivity index (χ4v) is 5.65. The van der Waals surface area contributed by atoms with Crippen molar-refractivity contribution in [3.05, 3.63) is 0 Å². The minimum atomic E-state index is 0.0801. The highest BCUT2D eigenvalue weighted by molar-refractivity contribution is 5.72. The SMILES string of the molecule is C1CC2C3CCC(C3)C2C1.CCCCCCNC(C)=O.CCCCCCNC(C)=O. The predicted octanol–water partition coefficient (Wildman–Crippen LogP) is 6.24. The van der Waals surface area contributed by atoms with Gasteiger partial charge in [0, 0.05) is 26.9 Å². The molecule has 3 aliphatic rings. The smallest absolute Gasteiger partial charge is 0.216 e. The number of carbonyl (C=O) groups is 2. The fraction of sp³-hybridized carbons (Fsp3) is 0.923. The highest BCUT2D eigenvalue weighted by Crippen LogP contribution is 2.58. The van der Waals surface area contributed by atoms with Crippen molar-refractivity contribution in [2.75, 3.05) is 13.1 Å². The Morgan fingerprint density at radius 3 is 1.47 bits per heavy atom. The summed E-state index contributed by atoms with van der Waals surface area (Å²) in [5.74, 6) is 4.96. The molecule has 4 nitrogen and oxygen atoms in total. The van der Waals surface area contributed by atoms with Crippen molar-refractivity contribution < 1.29 is 9.59 Å². The van der Waals surface area contributed by atoms with Crippen molar-refractivity contribution in [2.45, 2.75) is 118 Å². The van der Waals surface area contributed by atoms with E-state index in [1.807, 2.05) is 0 Å². The van der Waals surface area contributed by atoms with E-state index in [0.717, 1.165) is 25.9 Å². The quantitative estimate of drug-likeness (QED) is 0.409. The van der Waals surface area contributed by atoms with Gasteiger partial charge in [-0.05, 0) is 68.6 Å². The third-order valence-electron chi connectivity index (χ3n) is 7.16. The summed E-state index contributed by atoms with van der Waals surface area (Å²) >= 11 is 0. The Hall–Kier alpha value is -1.06. The zero-order valence-corrected chi connectivity index (χ0v) is 20.4. The number of nitrogens with one attached hydrogen (secondary N) is 2. The van der Waals surface area contributed by atoms with Crippen LogP contribution in [-0.2, 0) is 9.59 Å². The monoisotopic (exact) mass is 422 g/mol. The van der Waals surface area contributed by atoms with Crippen LogP contribution >= 0.6 is 0 Å². The predicted molar refractivity (Wildman–Crippen MR) is 127 cm³/mol. The summed E-state index contributed by atoms with van der Waals surface area (Å²) < 4.78 is 0. The number of fused-ring (bicyclic) bond motifs is 5. The van der Waals surface area contributed by atoms with Crippen molar-refractivity contribution in [3.63, 3.8) is 0 Å². The van der Waals surface area contributed by atoms with Gasteiger partial charge in [0.15, 0.2) is 0 Å². The highest BCUT2D eigenvalue weighted by atomic mass is 16.1. The topological polar surface area (TPSA) is 58.2 Å². The number of hydrogen-bond acceptors (Lipinski definition) is 2. The van der Waals surface area contributed by atoms with Crippen LogP contribution in [0.1, 0.15) is 118 Å². The Morgan fingerprint density at radius 2 is 1.10 bits per heavy atom. The molecule has 2 N–H and O–H groups in total. The van der Waals surface area contributed by atoms with Crippen LogP contribution in [0.15, 0.2) is 0 Å². The molecule has 0 spiro atoms. The van der Waals surface area contributed by atoms with E-state index in [0.29, 0.717) is 0 Å². The Balaban J connectivity index is 0.000000225. The van der Waals surface area contributed by atoms with E-state index in [9.17, 15) is 9.59 Å². The van der Waals surface area contributed by atoms with Gasteiger partial charge in [-0.2, -0.15) is 0 Å². The summed E-state index contributed by atoms with van der Waals surface area (Å²) in [7, 11) is 0. The number of carbonyl (C=O) groups excluding carboxylic acids is 2. The van der Waals surface area contributed by atoms with E-state index < -0.39 is 0 Å². The molecule has 0 aromatic carbocycles. The highest BCUT2D eigenvalue weighted by Gasteiger charge is 2.48. The van der Waals surface area contributed by atoms with Gasteiger partial charge in [-0.3, -0.25) is 9.59 Å². The Labute approximate surface area is 186 Å². The maximum Gasteiger partial charge on any atom is 0.216 e. The van der Waals surface area contributed by atoms with Gasteiger partial charge in [0.05, 0.1) is 0 Å². The first-order valence-electron chi connectivity index (χ1n) is 13.0. The molecule has 0 radical (unpaired) electrons. The molecule has 0 aromatic rings. The summed E-state index contributed by atoms with van der Waals surface area (Å²) in [6.45, 7) is 9.15. The average Bonchev–Trinajstić information content (AvgIpc) is 3.43. The van der Waals surface area contributed by atoms with Crippen molar-refractivity contribution in [1.29, 1.82) is 0 Å². The van der Waals surface area contributed by atoms with Crippen LogP contribution in [0.3, 0.4) is 0 Å². The van der Waals surface area contributed by atoms with Gasteiger partial charge in [-0.25, -0.2) is 0 Å². The maximum absolute atomic E-state index is 10.4. The van der Waals surface area contributed by atoms with Gasteiger partial charge >= 0.3 is 0 Å². The standard InChI is InChI=1S/C10H16.2C8H17NO/c1-2-9-7-4-5-8(6-7)10(9)3-1;2*1-3-4-5-6-7-9-8(2)10/h7-10H,1-6H2;2*3-7H2,1-2H3,(H,9,10). The normalized spacial score (nSPS) is 25.5. The second kappa shape index (κ2) is 16.6. The first-order valence-corrected chi connectivity index (χ1v) is 13.0. The number of amides is 2. The Kier molecular flexibility index (Phi) is 14.9. The van der Waals surface area contributed by atoms with Gasteiger partial charge in [-0.1, -0.05) is 58.8 Å². The first-order chi connectivity index (χ1) is 14.5. The van der Waals surface area contributed by atoms with E-state index in [2.05, 4.69) is 24.5 Å². The summed E-state index contributed by atoms with van der Waals surface area (Å²) in [6.07, 6.45) is 19.3. The Morgan fingerprint density at radius 1 is 0.667 bits per heavy atom. The molecule has 0 aromatic heterocycles. The molecule has 4 unspecified atom stereocenters. The van der Waals surface area contributed by atoms with Crippen LogP contribution in [0.4, 0.5) is 0 Å². The lowest BCUT2D eigenvalue weighted by Gasteiger charge is -2.23. The summed E-state index contributed by atoms with van der Waals surface area (Å²) in [5.41, 5.74) is 0. The van der Waals surface area contributed by atoms with Crippen molar-refractivity contribution in [3.8, 4) is 0 Å². The number of unbranched alkanes of at least 4 members (excludes halogenated alkanes) is 6. The van der Waals surface area contributed by atoms with E-state index in [-0.39, 0.29) is 11.8 Å². The number of hydrogen-bond donors (Lipinski definition) is 2. The third kappa shape index (κ3) is 11.4. The Bertz CT molecular complexity index is 426. The molecule has 30 heavy (non-hydrogen) atoms. The third-order valence-corrected chi connectivity index (χ3v) is 7.16. The van der Waals surface area contributed by atoms with Crippen LogP contribution in [0.25, 0.3) is 0 Å². The minimum absolute atomic E-state index is 0.0801. The van der Waals surface area contributed by atoms with Gasteiger partial charge in [0.1, 0.15) is 0 Å². The van der Waals surface area contributed by atoms with Gasteiger partial charge in [0.25, 0.3) is 0 Å². The van der Waals surface area contributed by atoms with Crippen molar-refractivity contribution >= 4 is 11.8 Å². The van der Waals surface area contributed by atoms with Gasteiger partial charge in [0.2, 0.25) is 11.8 Å². The second-order valence-electron chi connectivity index (χ2n) is 9.68. The van der Waals surface area contributed by atoms with Crippen molar-refractivity contribution in [2.24, 2.45) is 23.7 Å². The average molecular weight is 423 g/mol. The number of rotatable bonds is 10. The van der Waals surface area contributed by atoms with E-state index in [4.69, 9.17) is 0 Å². The maximum atomic E-state index is 10.4. The largest absolute Gasteiger partial charge is 0.356 e. The molecular weight excluding hydrogens is 372 g/mol. The van der Waals surface area contributed by atoms with Gasteiger partial charge in [-0.15, -0.1) is 0 Å². The van der Waals surface area contributed by atoms with Crippen LogP contribution in [0.5, 0.6) is 0 Å². The van der Waals surface area contributed by atoms with Gasteiger partial charge < -0.3 is 10.6 Å². The molecule has 0 aliphatic heterocycles. The lowest BCUT2D eigenvalue weighted by molar-refractivity contribution is -0.119.